The smallest absolute Gasteiger partial charge is 0.212 e. The van der Waals surface area contributed by atoms with Crippen LogP contribution >= 0.6 is 0 Å². The van der Waals surface area contributed by atoms with Crippen molar-refractivity contribution in [1.29, 1.82) is 0 Å². The van der Waals surface area contributed by atoms with Crippen molar-refractivity contribution >= 4 is 5.82 Å². The highest BCUT2D eigenvalue weighted by Crippen LogP contribution is 2.15. The first-order valence-corrected chi connectivity index (χ1v) is 7.22. The molecule has 0 bridgehead atoms. The minimum absolute atomic E-state index is 0.665. The number of pyridine rings is 2. The Balaban J connectivity index is 1.53. The van der Waals surface area contributed by atoms with Gasteiger partial charge in [0.2, 0.25) is 5.88 Å². The summed E-state index contributed by atoms with van der Waals surface area (Å²) < 4.78 is 5.08. The SMILES string of the molecule is COc1ccc(CN2CCN(c3ccccn3)CC2)cn1. The molecule has 5 heteroatoms. The number of hydrogen-bond acceptors (Lipinski definition) is 5. The summed E-state index contributed by atoms with van der Waals surface area (Å²) in [6, 6.07) is 10.1. The molecule has 0 N–H and O–H groups in total. The Bertz CT molecular complexity index is 550. The topological polar surface area (TPSA) is 41.5 Å². The molecule has 0 aromatic carbocycles. The van der Waals surface area contributed by atoms with Crippen LogP contribution in [0.25, 0.3) is 0 Å². The predicted molar refractivity (Wildman–Crippen MR) is 82.5 cm³/mol. The Hall–Kier alpha value is -2.14. The molecule has 0 unspecified atom stereocenters. The standard InChI is InChI=1S/C16H20N4O/c1-21-16-6-5-14(12-18-16)13-19-8-10-20(11-9-19)15-4-2-3-7-17-15/h2-7,12H,8-11,13H2,1H3. The molecule has 3 rings (SSSR count). The van der Waals surface area contributed by atoms with E-state index >= 15 is 0 Å². The quantitative estimate of drug-likeness (QED) is 0.856. The summed E-state index contributed by atoms with van der Waals surface area (Å²) in [5.41, 5.74) is 1.22. The second-order valence-electron chi connectivity index (χ2n) is 5.16. The van der Waals surface area contributed by atoms with Crippen LogP contribution in [-0.2, 0) is 6.54 Å². The lowest BCUT2D eigenvalue weighted by Gasteiger charge is -2.35. The molecular formula is C16H20N4O. The summed E-state index contributed by atoms with van der Waals surface area (Å²) in [6.45, 7) is 5.06. The third kappa shape index (κ3) is 3.49. The highest BCUT2D eigenvalue weighted by molar-refractivity contribution is 5.38. The highest BCUT2D eigenvalue weighted by Gasteiger charge is 2.17. The number of anilines is 1. The number of aromatic nitrogens is 2. The molecule has 1 aliphatic heterocycles. The first-order valence-electron chi connectivity index (χ1n) is 7.22. The molecule has 0 aliphatic carbocycles. The van der Waals surface area contributed by atoms with Gasteiger partial charge in [0.15, 0.2) is 0 Å². The molecule has 110 valence electrons. The van der Waals surface area contributed by atoms with Gasteiger partial charge in [-0.2, -0.15) is 0 Å². The van der Waals surface area contributed by atoms with Gasteiger partial charge in [0, 0.05) is 51.2 Å². The van der Waals surface area contributed by atoms with Crippen molar-refractivity contribution in [3.8, 4) is 5.88 Å². The van der Waals surface area contributed by atoms with Gasteiger partial charge in [0.1, 0.15) is 5.82 Å². The van der Waals surface area contributed by atoms with Crippen LogP contribution in [0.2, 0.25) is 0 Å². The van der Waals surface area contributed by atoms with E-state index in [1.54, 1.807) is 7.11 Å². The van der Waals surface area contributed by atoms with Gasteiger partial charge in [-0.25, -0.2) is 9.97 Å². The fourth-order valence-corrected chi connectivity index (χ4v) is 2.56. The number of ether oxygens (including phenoxy) is 1. The van der Waals surface area contributed by atoms with E-state index in [0.29, 0.717) is 5.88 Å². The number of piperazine rings is 1. The molecule has 21 heavy (non-hydrogen) atoms. The Morgan fingerprint density at radius 1 is 1.05 bits per heavy atom. The molecular weight excluding hydrogens is 264 g/mol. The normalized spacial score (nSPS) is 16.0. The lowest BCUT2D eigenvalue weighted by Crippen LogP contribution is -2.46. The van der Waals surface area contributed by atoms with E-state index in [1.165, 1.54) is 5.56 Å². The zero-order chi connectivity index (χ0) is 14.5. The van der Waals surface area contributed by atoms with Crippen molar-refractivity contribution in [2.75, 3.05) is 38.2 Å². The first-order chi connectivity index (χ1) is 10.3. The zero-order valence-electron chi connectivity index (χ0n) is 12.3. The van der Waals surface area contributed by atoms with E-state index in [1.807, 2.05) is 30.6 Å². The molecule has 0 radical (unpaired) electrons. The lowest BCUT2D eigenvalue weighted by molar-refractivity contribution is 0.249. The Morgan fingerprint density at radius 3 is 2.52 bits per heavy atom. The second-order valence-corrected chi connectivity index (χ2v) is 5.16. The average molecular weight is 284 g/mol. The van der Waals surface area contributed by atoms with Crippen LogP contribution in [0.1, 0.15) is 5.56 Å². The third-order valence-corrected chi connectivity index (χ3v) is 3.76. The van der Waals surface area contributed by atoms with E-state index < -0.39 is 0 Å². The monoisotopic (exact) mass is 284 g/mol. The molecule has 1 aliphatic rings. The summed E-state index contributed by atoms with van der Waals surface area (Å²) >= 11 is 0. The summed E-state index contributed by atoms with van der Waals surface area (Å²) in [4.78, 5) is 13.5. The summed E-state index contributed by atoms with van der Waals surface area (Å²) in [5.74, 6) is 1.74. The summed E-state index contributed by atoms with van der Waals surface area (Å²) in [5, 5.41) is 0. The number of hydrogen-bond donors (Lipinski definition) is 0. The van der Waals surface area contributed by atoms with Gasteiger partial charge in [-0.1, -0.05) is 12.1 Å². The molecule has 2 aromatic rings. The lowest BCUT2D eigenvalue weighted by atomic mass is 10.2. The molecule has 3 heterocycles. The number of nitrogens with zero attached hydrogens (tertiary/aromatic N) is 4. The van der Waals surface area contributed by atoms with Crippen LogP contribution in [0.15, 0.2) is 42.7 Å². The van der Waals surface area contributed by atoms with Crippen LogP contribution in [0.4, 0.5) is 5.82 Å². The Morgan fingerprint density at radius 2 is 1.90 bits per heavy atom. The van der Waals surface area contributed by atoms with Crippen molar-refractivity contribution in [3.05, 3.63) is 48.3 Å². The van der Waals surface area contributed by atoms with E-state index in [0.717, 1.165) is 38.5 Å². The molecule has 5 nitrogen and oxygen atoms in total. The highest BCUT2D eigenvalue weighted by atomic mass is 16.5. The second kappa shape index (κ2) is 6.54. The van der Waals surface area contributed by atoms with Crippen molar-refractivity contribution in [1.82, 2.24) is 14.9 Å². The fourth-order valence-electron chi connectivity index (χ4n) is 2.56. The molecule has 0 saturated carbocycles. The maximum absolute atomic E-state index is 5.08. The van der Waals surface area contributed by atoms with E-state index in [4.69, 9.17) is 4.74 Å². The first kappa shape index (κ1) is 13.8. The molecule has 0 amide bonds. The molecule has 0 atom stereocenters. The van der Waals surface area contributed by atoms with Gasteiger partial charge in [-0.05, 0) is 17.7 Å². The third-order valence-electron chi connectivity index (χ3n) is 3.76. The maximum atomic E-state index is 5.08. The van der Waals surface area contributed by atoms with Gasteiger partial charge < -0.3 is 9.64 Å². The summed E-state index contributed by atoms with van der Waals surface area (Å²) in [7, 11) is 1.64. The van der Waals surface area contributed by atoms with Gasteiger partial charge in [0.25, 0.3) is 0 Å². The molecule has 1 saturated heterocycles. The van der Waals surface area contributed by atoms with E-state index in [9.17, 15) is 0 Å². The summed E-state index contributed by atoms with van der Waals surface area (Å²) in [6.07, 6.45) is 3.74. The number of rotatable bonds is 4. The Kier molecular flexibility index (Phi) is 4.31. The largest absolute Gasteiger partial charge is 0.481 e. The van der Waals surface area contributed by atoms with Crippen molar-refractivity contribution in [3.63, 3.8) is 0 Å². The molecule has 2 aromatic heterocycles. The van der Waals surface area contributed by atoms with Gasteiger partial charge in [-0.3, -0.25) is 4.90 Å². The van der Waals surface area contributed by atoms with Crippen LogP contribution in [0, 0.1) is 0 Å². The molecule has 0 spiro atoms. The molecule has 1 fully saturated rings. The van der Waals surface area contributed by atoms with Crippen LogP contribution < -0.4 is 9.64 Å². The Labute approximate surface area is 125 Å². The minimum atomic E-state index is 0.665. The fraction of sp³-hybridized carbons (Fsp3) is 0.375. The predicted octanol–water partition coefficient (Wildman–Crippen LogP) is 1.81. The average Bonchev–Trinajstić information content (AvgIpc) is 2.57. The van der Waals surface area contributed by atoms with Crippen molar-refractivity contribution in [2.24, 2.45) is 0 Å². The zero-order valence-corrected chi connectivity index (χ0v) is 12.3. The van der Waals surface area contributed by atoms with Crippen LogP contribution in [0.5, 0.6) is 5.88 Å². The van der Waals surface area contributed by atoms with E-state index in [-0.39, 0.29) is 0 Å². The maximum Gasteiger partial charge on any atom is 0.212 e. The van der Waals surface area contributed by atoms with Crippen LogP contribution in [-0.4, -0.2) is 48.2 Å². The number of methoxy groups -OCH3 is 1. The van der Waals surface area contributed by atoms with Gasteiger partial charge in [0.05, 0.1) is 7.11 Å². The van der Waals surface area contributed by atoms with E-state index in [2.05, 4.69) is 31.9 Å². The van der Waals surface area contributed by atoms with Crippen molar-refractivity contribution in [2.45, 2.75) is 6.54 Å². The van der Waals surface area contributed by atoms with Gasteiger partial charge >= 0.3 is 0 Å². The van der Waals surface area contributed by atoms with Gasteiger partial charge in [-0.15, -0.1) is 0 Å². The minimum Gasteiger partial charge on any atom is -0.481 e. The van der Waals surface area contributed by atoms with Crippen LogP contribution in [0.3, 0.4) is 0 Å². The van der Waals surface area contributed by atoms with Crippen molar-refractivity contribution < 1.29 is 4.74 Å².